The van der Waals surface area contributed by atoms with E-state index < -0.39 is 10.0 Å². The zero-order valence-electron chi connectivity index (χ0n) is 20.5. The van der Waals surface area contributed by atoms with Gasteiger partial charge in [-0.15, -0.1) is 0 Å². The van der Waals surface area contributed by atoms with Crippen molar-refractivity contribution in [2.45, 2.75) is 24.7 Å². The van der Waals surface area contributed by atoms with Gasteiger partial charge < -0.3 is 19.4 Å². The molecule has 9 nitrogen and oxygen atoms in total. The molecule has 192 valence electrons. The van der Waals surface area contributed by atoms with Crippen molar-refractivity contribution in [3.63, 3.8) is 0 Å². The zero-order valence-corrected chi connectivity index (χ0v) is 21.3. The Morgan fingerprint density at radius 1 is 0.889 bits per heavy atom. The molecular weight excluding hydrogens is 480 g/mol. The number of amides is 2. The Morgan fingerprint density at radius 2 is 1.56 bits per heavy atom. The lowest BCUT2D eigenvalue weighted by atomic mass is 10.1. The highest BCUT2D eigenvalue weighted by Gasteiger charge is 2.35. The van der Waals surface area contributed by atoms with Crippen molar-refractivity contribution in [2.75, 3.05) is 62.1 Å². The molecule has 2 aromatic rings. The minimum Gasteiger partial charge on any atom is -0.378 e. The van der Waals surface area contributed by atoms with Gasteiger partial charge in [-0.2, -0.15) is 0 Å². The van der Waals surface area contributed by atoms with Gasteiger partial charge in [-0.05, 0) is 50.1 Å². The maximum Gasteiger partial charge on any atom is 0.261 e. The number of piperazine rings is 1. The van der Waals surface area contributed by atoms with E-state index in [9.17, 15) is 18.0 Å². The van der Waals surface area contributed by atoms with Crippen molar-refractivity contribution in [2.24, 2.45) is 5.92 Å². The summed E-state index contributed by atoms with van der Waals surface area (Å²) in [4.78, 5) is 32.0. The third-order valence-corrected chi connectivity index (χ3v) is 8.36. The van der Waals surface area contributed by atoms with E-state index >= 15 is 0 Å². The minimum atomic E-state index is -3.81. The molecule has 3 fully saturated rings. The fourth-order valence-electron chi connectivity index (χ4n) is 4.67. The lowest BCUT2D eigenvalue weighted by Gasteiger charge is -2.37. The number of nitrogens with zero attached hydrogens (tertiary/aromatic N) is 3. The first kappa shape index (κ1) is 24.6. The van der Waals surface area contributed by atoms with E-state index in [-0.39, 0.29) is 22.6 Å². The first-order valence-corrected chi connectivity index (χ1v) is 13.9. The summed E-state index contributed by atoms with van der Waals surface area (Å²) in [5, 5.41) is 0. The summed E-state index contributed by atoms with van der Waals surface area (Å²) in [7, 11) is -3.81. The molecule has 2 heterocycles. The fraction of sp³-hybridized carbons (Fsp3) is 0.462. The summed E-state index contributed by atoms with van der Waals surface area (Å²) in [6.07, 6.45) is 1.97. The number of ether oxygens (including phenoxy) is 1. The maximum atomic E-state index is 13.6. The molecular formula is C26H32N4O5S. The van der Waals surface area contributed by atoms with Gasteiger partial charge in [0, 0.05) is 56.6 Å². The van der Waals surface area contributed by atoms with Crippen LogP contribution in [-0.4, -0.2) is 82.5 Å². The van der Waals surface area contributed by atoms with Crippen molar-refractivity contribution < 1.29 is 22.7 Å². The van der Waals surface area contributed by atoms with Crippen molar-refractivity contribution in [1.29, 1.82) is 0 Å². The molecule has 0 aromatic heterocycles. The van der Waals surface area contributed by atoms with E-state index in [2.05, 4.69) is 9.62 Å². The number of hydrogen-bond donors (Lipinski definition) is 1. The molecule has 1 saturated carbocycles. The molecule has 0 unspecified atom stereocenters. The molecule has 2 aliphatic heterocycles. The first-order chi connectivity index (χ1) is 17.3. The maximum absolute atomic E-state index is 13.6. The number of hydrogen-bond acceptors (Lipinski definition) is 6. The number of benzene rings is 2. The molecule has 2 amide bonds. The average molecular weight is 513 g/mol. The average Bonchev–Trinajstić information content (AvgIpc) is 3.74. The summed E-state index contributed by atoms with van der Waals surface area (Å²) in [6.45, 7) is 6.29. The Morgan fingerprint density at radius 3 is 2.19 bits per heavy atom. The van der Waals surface area contributed by atoms with Crippen molar-refractivity contribution in [3.8, 4) is 0 Å². The van der Waals surface area contributed by atoms with Crippen LogP contribution in [0.5, 0.6) is 0 Å². The Labute approximate surface area is 212 Å². The highest BCUT2D eigenvalue weighted by molar-refractivity contribution is 7.92. The van der Waals surface area contributed by atoms with Crippen LogP contribution in [0.2, 0.25) is 0 Å². The number of carbonyl (C=O) groups is 2. The van der Waals surface area contributed by atoms with Crippen LogP contribution in [0, 0.1) is 12.8 Å². The van der Waals surface area contributed by atoms with Gasteiger partial charge in [0.15, 0.2) is 0 Å². The summed E-state index contributed by atoms with van der Waals surface area (Å²) in [6, 6.07) is 11.7. The Bertz CT molecular complexity index is 1230. The standard InChI is InChI=1S/C26H32N4O5S/c1-19-2-7-22(8-3-19)36(33,34)27-21-6-9-24(23(18-21)26(32)30-14-16-35-17-15-30)28-10-12-29(13-11-28)25(31)20-4-5-20/h2-3,6-9,18,20,27H,4-5,10-17H2,1H3. The summed E-state index contributed by atoms with van der Waals surface area (Å²) in [5.74, 6) is 0.275. The van der Waals surface area contributed by atoms with Gasteiger partial charge in [0.25, 0.3) is 15.9 Å². The Kier molecular flexibility index (Phi) is 6.90. The van der Waals surface area contributed by atoms with E-state index in [1.807, 2.05) is 11.8 Å². The molecule has 36 heavy (non-hydrogen) atoms. The van der Waals surface area contributed by atoms with Crippen LogP contribution in [0.3, 0.4) is 0 Å². The molecule has 1 aliphatic carbocycles. The number of anilines is 2. The number of sulfonamides is 1. The normalized spacial score (nSPS) is 18.8. The van der Waals surface area contributed by atoms with E-state index in [1.54, 1.807) is 47.4 Å². The second-order valence-electron chi connectivity index (χ2n) is 9.64. The molecule has 0 bridgehead atoms. The van der Waals surface area contributed by atoms with E-state index in [0.29, 0.717) is 63.7 Å². The van der Waals surface area contributed by atoms with Crippen LogP contribution in [0.4, 0.5) is 11.4 Å². The third kappa shape index (κ3) is 5.34. The minimum absolute atomic E-state index is 0.152. The molecule has 3 aliphatic rings. The SMILES string of the molecule is Cc1ccc(S(=O)(=O)Nc2ccc(N3CCN(C(=O)C4CC4)CC3)c(C(=O)N3CCOCC3)c2)cc1. The number of aryl methyl sites for hydroxylation is 1. The molecule has 0 atom stereocenters. The quantitative estimate of drug-likeness (QED) is 0.638. The van der Waals surface area contributed by atoms with Crippen LogP contribution < -0.4 is 9.62 Å². The largest absolute Gasteiger partial charge is 0.378 e. The molecule has 0 spiro atoms. The number of carbonyl (C=O) groups excluding carboxylic acids is 2. The van der Waals surface area contributed by atoms with Gasteiger partial charge in [0.1, 0.15) is 0 Å². The van der Waals surface area contributed by atoms with Crippen LogP contribution in [0.25, 0.3) is 0 Å². The molecule has 2 aromatic carbocycles. The van der Waals surface area contributed by atoms with E-state index in [1.165, 1.54) is 0 Å². The second-order valence-corrected chi connectivity index (χ2v) is 11.3. The van der Waals surface area contributed by atoms with E-state index in [4.69, 9.17) is 4.74 Å². The molecule has 2 saturated heterocycles. The molecule has 10 heteroatoms. The molecule has 5 rings (SSSR count). The van der Waals surface area contributed by atoms with Crippen LogP contribution in [-0.2, 0) is 19.6 Å². The third-order valence-electron chi connectivity index (χ3n) is 6.97. The second kappa shape index (κ2) is 10.1. The van der Waals surface area contributed by atoms with Crippen molar-refractivity contribution >= 4 is 33.2 Å². The van der Waals surface area contributed by atoms with E-state index in [0.717, 1.165) is 24.1 Å². The highest BCUT2D eigenvalue weighted by Crippen LogP contribution is 2.32. The lowest BCUT2D eigenvalue weighted by Crippen LogP contribution is -2.50. The summed E-state index contributed by atoms with van der Waals surface area (Å²) < 4.78 is 34.0. The Hall–Kier alpha value is -3.11. The Balaban J connectivity index is 1.40. The van der Waals surface area contributed by atoms with Gasteiger partial charge in [-0.3, -0.25) is 14.3 Å². The van der Waals surface area contributed by atoms with Gasteiger partial charge >= 0.3 is 0 Å². The van der Waals surface area contributed by atoms with Gasteiger partial charge in [0.05, 0.1) is 23.7 Å². The monoisotopic (exact) mass is 512 g/mol. The zero-order chi connectivity index (χ0) is 25.3. The smallest absolute Gasteiger partial charge is 0.261 e. The number of rotatable bonds is 6. The highest BCUT2D eigenvalue weighted by atomic mass is 32.2. The number of morpholine rings is 1. The van der Waals surface area contributed by atoms with Gasteiger partial charge in [0.2, 0.25) is 5.91 Å². The lowest BCUT2D eigenvalue weighted by molar-refractivity contribution is -0.132. The van der Waals surface area contributed by atoms with Crippen molar-refractivity contribution in [3.05, 3.63) is 53.6 Å². The predicted molar refractivity (Wildman–Crippen MR) is 137 cm³/mol. The van der Waals surface area contributed by atoms with Crippen molar-refractivity contribution in [1.82, 2.24) is 9.80 Å². The summed E-state index contributed by atoms with van der Waals surface area (Å²) in [5.41, 5.74) is 2.50. The topological polar surface area (TPSA) is 99.3 Å². The molecule has 1 N–H and O–H groups in total. The van der Waals surface area contributed by atoms with Crippen LogP contribution in [0.15, 0.2) is 47.4 Å². The predicted octanol–water partition coefficient (Wildman–Crippen LogP) is 2.33. The summed E-state index contributed by atoms with van der Waals surface area (Å²) >= 11 is 0. The number of nitrogens with one attached hydrogen (secondary N) is 1. The first-order valence-electron chi connectivity index (χ1n) is 12.5. The molecule has 0 radical (unpaired) electrons. The van der Waals surface area contributed by atoms with Gasteiger partial charge in [-0.1, -0.05) is 17.7 Å². The van der Waals surface area contributed by atoms with Crippen LogP contribution in [0.1, 0.15) is 28.8 Å². The van der Waals surface area contributed by atoms with Crippen LogP contribution >= 0.6 is 0 Å². The van der Waals surface area contributed by atoms with Gasteiger partial charge in [-0.25, -0.2) is 8.42 Å². The fourth-order valence-corrected chi connectivity index (χ4v) is 5.72.